The van der Waals surface area contributed by atoms with Gasteiger partial charge in [-0.3, -0.25) is 9.36 Å². The first-order valence-corrected chi connectivity index (χ1v) is 10.6. The molecule has 3 heterocycles. The minimum atomic E-state index is -0.0710. The summed E-state index contributed by atoms with van der Waals surface area (Å²) in [5.41, 5.74) is 2.71. The molecule has 0 saturated heterocycles. The summed E-state index contributed by atoms with van der Waals surface area (Å²) in [6.07, 6.45) is 2.40. The lowest BCUT2D eigenvalue weighted by molar-refractivity contribution is 0.297. The van der Waals surface area contributed by atoms with Crippen LogP contribution in [0.3, 0.4) is 0 Å². The average Bonchev–Trinajstić information content (AvgIpc) is 3.02. The van der Waals surface area contributed by atoms with Crippen LogP contribution in [0.5, 0.6) is 11.5 Å². The van der Waals surface area contributed by atoms with Gasteiger partial charge in [-0.05, 0) is 23.3 Å². The number of halogens is 1. The van der Waals surface area contributed by atoms with Gasteiger partial charge in [-0.25, -0.2) is 4.98 Å². The minimum absolute atomic E-state index is 0.0710. The van der Waals surface area contributed by atoms with Crippen LogP contribution in [0, 0.1) is 0 Å². The third kappa shape index (κ3) is 3.39. The fraction of sp³-hybridized carbons (Fsp3) is 0.182. The van der Waals surface area contributed by atoms with E-state index in [1.807, 2.05) is 47.8 Å². The van der Waals surface area contributed by atoms with Gasteiger partial charge in [0.15, 0.2) is 11.5 Å². The maximum atomic E-state index is 13.3. The predicted molar refractivity (Wildman–Crippen MR) is 115 cm³/mol. The van der Waals surface area contributed by atoms with Crippen LogP contribution in [0.25, 0.3) is 21.3 Å². The highest BCUT2D eigenvalue weighted by atomic mass is 35.5. The molecule has 0 fully saturated rings. The van der Waals surface area contributed by atoms with Crippen molar-refractivity contribution in [2.75, 3.05) is 13.2 Å². The smallest absolute Gasteiger partial charge is 0.263 e. The number of thiophene rings is 1. The number of benzene rings is 2. The third-order valence-electron chi connectivity index (χ3n) is 4.86. The van der Waals surface area contributed by atoms with Crippen molar-refractivity contribution in [3.63, 3.8) is 0 Å². The van der Waals surface area contributed by atoms with Crippen molar-refractivity contribution in [2.45, 2.75) is 13.0 Å². The van der Waals surface area contributed by atoms with E-state index in [0.717, 1.165) is 27.9 Å². The van der Waals surface area contributed by atoms with Crippen LogP contribution in [0.2, 0.25) is 5.02 Å². The highest BCUT2D eigenvalue weighted by Crippen LogP contribution is 2.38. The Kier molecular flexibility index (Phi) is 4.73. The topological polar surface area (TPSA) is 53.4 Å². The van der Waals surface area contributed by atoms with Crippen molar-refractivity contribution < 1.29 is 9.47 Å². The first-order valence-electron chi connectivity index (χ1n) is 9.31. The number of hydrogen-bond donors (Lipinski definition) is 0. The Labute approximate surface area is 176 Å². The summed E-state index contributed by atoms with van der Waals surface area (Å²) >= 11 is 7.88. The average molecular weight is 425 g/mol. The van der Waals surface area contributed by atoms with Crippen LogP contribution < -0.4 is 15.0 Å². The Morgan fingerprint density at radius 1 is 1.14 bits per heavy atom. The van der Waals surface area contributed by atoms with E-state index in [0.29, 0.717) is 41.7 Å². The Balaban J connectivity index is 1.57. The van der Waals surface area contributed by atoms with Crippen molar-refractivity contribution in [3.05, 3.63) is 75.1 Å². The number of fused-ring (bicyclic) bond motifs is 2. The number of ether oxygens (including phenoxy) is 2. The molecule has 1 aliphatic heterocycles. The van der Waals surface area contributed by atoms with Gasteiger partial charge in [0.2, 0.25) is 0 Å². The molecule has 1 aliphatic rings. The largest absolute Gasteiger partial charge is 0.489 e. The van der Waals surface area contributed by atoms with Crippen LogP contribution in [-0.2, 0) is 6.54 Å². The van der Waals surface area contributed by atoms with Crippen molar-refractivity contribution in [2.24, 2.45) is 0 Å². The van der Waals surface area contributed by atoms with Gasteiger partial charge in [-0.1, -0.05) is 41.9 Å². The molecule has 5 nitrogen and oxygen atoms in total. The van der Waals surface area contributed by atoms with Gasteiger partial charge in [0.25, 0.3) is 5.56 Å². The maximum absolute atomic E-state index is 13.3. The minimum Gasteiger partial charge on any atom is -0.489 e. The Bertz CT molecular complexity index is 1250. The summed E-state index contributed by atoms with van der Waals surface area (Å²) in [7, 11) is 0. The van der Waals surface area contributed by atoms with Crippen molar-refractivity contribution in [1.82, 2.24) is 9.55 Å². The quantitative estimate of drug-likeness (QED) is 0.465. The maximum Gasteiger partial charge on any atom is 0.263 e. The molecule has 0 saturated carbocycles. The fourth-order valence-corrected chi connectivity index (χ4v) is 4.68. The molecule has 7 heteroatoms. The van der Waals surface area contributed by atoms with E-state index in [1.165, 1.54) is 11.3 Å². The molecule has 4 aromatic rings. The lowest BCUT2D eigenvalue weighted by Gasteiger charge is -2.12. The van der Waals surface area contributed by atoms with Crippen molar-refractivity contribution in [3.8, 4) is 22.6 Å². The molecule has 0 unspecified atom stereocenters. The third-order valence-corrected chi connectivity index (χ3v) is 6.03. The second-order valence-corrected chi connectivity index (χ2v) is 8.09. The standard InChI is InChI=1S/C22H17ClN2O3S/c23-17-9-14(10-18-20(17)28-8-4-7-27-18)11-25-13-24-21-19(22(25)26)16(12-29-21)15-5-2-1-3-6-15/h1-3,5-6,9-10,12-13H,4,7-8,11H2. The molecule has 146 valence electrons. The van der Waals surface area contributed by atoms with E-state index in [-0.39, 0.29) is 5.56 Å². The monoisotopic (exact) mass is 424 g/mol. The summed E-state index contributed by atoms with van der Waals surface area (Å²) < 4.78 is 13.1. The van der Waals surface area contributed by atoms with Gasteiger partial charge in [-0.2, -0.15) is 0 Å². The zero-order chi connectivity index (χ0) is 19.8. The van der Waals surface area contributed by atoms with Crippen LogP contribution in [-0.4, -0.2) is 22.8 Å². The van der Waals surface area contributed by atoms with E-state index in [4.69, 9.17) is 21.1 Å². The zero-order valence-corrected chi connectivity index (χ0v) is 17.0. The van der Waals surface area contributed by atoms with Crippen LogP contribution in [0.4, 0.5) is 0 Å². The van der Waals surface area contributed by atoms with E-state index in [1.54, 1.807) is 10.9 Å². The first-order chi connectivity index (χ1) is 14.2. The molecule has 0 radical (unpaired) electrons. The van der Waals surface area contributed by atoms with Crippen molar-refractivity contribution >= 4 is 33.2 Å². The lowest BCUT2D eigenvalue weighted by Crippen LogP contribution is -2.21. The highest BCUT2D eigenvalue weighted by Gasteiger charge is 2.17. The Morgan fingerprint density at radius 3 is 2.83 bits per heavy atom. The molecule has 0 aliphatic carbocycles. The Hall–Kier alpha value is -2.83. The van der Waals surface area contributed by atoms with Crippen LogP contribution in [0.15, 0.2) is 59.0 Å². The molecular formula is C22H17ClN2O3S. The highest BCUT2D eigenvalue weighted by molar-refractivity contribution is 7.17. The summed E-state index contributed by atoms with van der Waals surface area (Å²) in [6.45, 7) is 1.50. The molecule has 0 N–H and O–H groups in total. The molecular weight excluding hydrogens is 408 g/mol. The van der Waals surface area contributed by atoms with E-state index in [9.17, 15) is 4.79 Å². The van der Waals surface area contributed by atoms with Gasteiger partial charge in [0.05, 0.1) is 36.5 Å². The number of aromatic nitrogens is 2. The molecule has 0 atom stereocenters. The van der Waals surface area contributed by atoms with E-state index in [2.05, 4.69) is 4.98 Å². The summed E-state index contributed by atoms with van der Waals surface area (Å²) in [4.78, 5) is 18.5. The zero-order valence-electron chi connectivity index (χ0n) is 15.4. The first kappa shape index (κ1) is 18.2. The normalized spacial score (nSPS) is 13.4. The molecule has 2 aromatic carbocycles. The molecule has 5 rings (SSSR count). The van der Waals surface area contributed by atoms with Crippen LogP contribution >= 0.6 is 22.9 Å². The van der Waals surface area contributed by atoms with E-state index < -0.39 is 0 Å². The van der Waals surface area contributed by atoms with Gasteiger partial charge < -0.3 is 9.47 Å². The molecule has 0 bridgehead atoms. The van der Waals surface area contributed by atoms with E-state index >= 15 is 0 Å². The summed E-state index contributed by atoms with van der Waals surface area (Å²) in [5.74, 6) is 1.19. The Morgan fingerprint density at radius 2 is 1.97 bits per heavy atom. The van der Waals surface area contributed by atoms with Gasteiger partial charge >= 0.3 is 0 Å². The number of rotatable bonds is 3. The van der Waals surface area contributed by atoms with Gasteiger partial charge in [0.1, 0.15) is 4.83 Å². The van der Waals surface area contributed by atoms with Gasteiger partial charge in [0, 0.05) is 17.4 Å². The lowest BCUT2D eigenvalue weighted by atomic mass is 10.1. The number of hydrogen-bond acceptors (Lipinski definition) is 5. The summed E-state index contributed by atoms with van der Waals surface area (Å²) in [6, 6.07) is 13.6. The second-order valence-electron chi connectivity index (χ2n) is 6.83. The molecule has 2 aromatic heterocycles. The predicted octanol–water partition coefficient (Wildman–Crippen LogP) is 4.99. The second kappa shape index (κ2) is 7.54. The fourth-order valence-electron chi connectivity index (χ4n) is 3.48. The SMILES string of the molecule is O=c1c2c(-c3ccccc3)csc2ncn1Cc1cc(Cl)c2c(c1)OCCCO2. The summed E-state index contributed by atoms with van der Waals surface area (Å²) in [5, 5.41) is 3.12. The van der Waals surface area contributed by atoms with Crippen LogP contribution in [0.1, 0.15) is 12.0 Å². The molecule has 29 heavy (non-hydrogen) atoms. The van der Waals surface area contributed by atoms with Crippen molar-refractivity contribution in [1.29, 1.82) is 0 Å². The van der Waals surface area contributed by atoms with Gasteiger partial charge in [-0.15, -0.1) is 11.3 Å². The molecule has 0 spiro atoms. The number of nitrogens with zero attached hydrogens (tertiary/aromatic N) is 2. The molecule has 0 amide bonds.